The lowest BCUT2D eigenvalue weighted by molar-refractivity contribution is -0.137. The summed E-state index contributed by atoms with van der Waals surface area (Å²) in [6.45, 7) is 4.71. The molecule has 2 heterocycles. The summed E-state index contributed by atoms with van der Waals surface area (Å²) in [5, 5.41) is 19.5. The predicted molar refractivity (Wildman–Crippen MR) is 70.1 cm³/mol. The molecule has 0 saturated carbocycles. The minimum absolute atomic E-state index is 0.148. The maximum Gasteiger partial charge on any atom is 0.303 e. The number of hydrogen-bond donors (Lipinski definition) is 2. The number of nitrogens with zero attached hydrogens (tertiary/aromatic N) is 2. The van der Waals surface area contributed by atoms with Crippen LogP contribution < -0.4 is 5.32 Å². The van der Waals surface area contributed by atoms with Gasteiger partial charge in [0.15, 0.2) is 0 Å². The minimum atomic E-state index is -0.794. The molecule has 7 heteroatoms. The molecule has 0 amide bonds. The standard InChI is InChI=1S/C13H17N3O4/c1-8-6-10(9(2)19-8)13-16-15-11(20-13)7-14-5-3-4-12(17)18/h6,14H,3-5,7H2,1-2H3,(H,17,18). The molecular formula is C13H17N3O4. The summed E-state index contributed by atoms with van der Waals surface area (Å²) in [5.74, 6) is 1.64. The van der Waals surface area contributed by atoms with Gasteiger partial charge in [0.2, 0.25) is 5.89 Å². The van der Waals surface area contributed by atoms with Gasteiger partial charge in [0, 0.05) is 6.42 Å². The number of hydrogen-bond acceptors (Lipinski definition) is 6. The van der Waals surface area contributed by atoms with Gasteiger partial charge in [-0.15, -0.1) is 10.2 Å². The van der Waals surface area contributed by atoms with Crippen molar-refractivity contribution in [2.24, 2.45) is 0 Å². The number of carboxylic acid groups (broad SMARTS) is 1. The van der Waals surface area contributed by atoms with E-state index in [2.05, 4.69) is 15.5 Å². The molecule has 2 aromatic rings. The maximum absolute atomic E-state index is 10.3. The lowest BCUT2D eigenvalue weighted by atomic mass is 10.2. The van der Waals surface area contributed by atoms with Gasteiger partial charge in [0.1, 0.15) is 11.5 Å². The number of aryl methyl sites for hydroxylation is 2. The van der Waals surface area contributed by atoms with Crippen LogP contribution in [0, 0.1) is 13.8 Å². The molecular weight excluding hydrogens is 262 g/mol. The summed E-state index contributed by atoms with van der Waals surface area (Å²) in [5.41, 5.74) is 0.798. The van der Waals surface area contributed by atoms with E-state index < -0.39 is 5.97 Å². The molecule has 0 bridgehead atoms. The fraction of sp³-hybridized carbons (Fsp3) is 0.462. The van der Waals surface area contributed by atoms with E-state index in [1.54, 1.807) is 0 Å². The van der Waals surface area contributed by atoms with Crippen molar-refractivity contribution in [2.45, 2.75) is 33.2 Å². The highest BCUT2D eigenvalue weighted by atomic mass is 16.4. The Morgan fingerprint density at radius 2 is 2.15 bits per heavy atom. The Balaban J connectivity index is 1.86. The normalized spacial score (nSPS) is 10.9. The lowest BCUT2D eigenvalue weighted by Gasteiger charge is -1.99. The third kappa shape index (κ3) is 3.67. The number of aliphatic carboxylic acids is 1. The molecule has 0 radical (unpaired) electrons. The Morgan fingerprint density at radius 1 is 1.35 bits per heavy atom. The summed E-state index contributed by atoms with van der Waals surface area (Å²) in [6, 6.07) is 1.85. The second-order valence-electron chi connectivity index (χ2n) is 4.50. The average Bonchev–Trinajstić information content (AvgIpc) is 2.95. The SMILES string of the molecule is Cc1cc(-c2nnc(CNCCCC(=O)O)o2)c(C)o1. The summed E-state index contributed by atoms with van der Waals surface area (Å²) in [6.07, 6.45) is 0.714. The van der Waals surface area contributed by atoms with Crippen LogP contribution in [0.3, 0.4) is 0 Å². The topological polar surface area (TPSA) is 101 Å². The Hall–Kier alpha value is -2.15. The molecule has 2 N–H and O–H groups in total. The molecule has 20 heavy (non-hydrogen) atoms. The first-order chi connectivity index (χ1) is 9.56. The second-order valence-corrected chi connectivity index (χ2v) is 4.50. The molecule has 2 rings (SSSR count). The van der Waals surface area contributed by atoms with E-state index >= 15 is 0 Å². The van der Waals surface area contributed by atoms with Gasteiger partial charge in [-0.25, -0.2) is 0 Å². The van der Waals surface area contributed by atoms with Crippen LogP contribution in [0.5, 0.6) is 0 Å². The van der Waals surface area contributed by atoms with E-state index in [4.69, 9.17) is 13.9 Å². The van der Waals surface area contributed by atoms with Crippen LogP contribution in [0.2, 0.25) is 0 Å². The van der Waals surface area contributed by atoms with Gasteiger partial charge in [-0.05, 0) is 32.9 Å². The fourth-order valence-corrected chi connectivity index (χ4v) is 1.84. The van der Waals surface area contributed by atoms with Crippen LogP contribution in [0.1, 0.15) is 30.3 Å². The summed E-state index contributed by atoms with van der Waals surface area (Å²) in [7, 11) is 0. The molecule has 0 aliphatic rings. The summed E-state index contributed by atoms with van der Waals surface area (Å²) in [4.78, 5) is 10.3. The van der Waals surface area contributed by atoms with Gasteiger partial charge in [0.05, 0.1) is 12.1 Å². The third-order valence-corrected chi connectivity index (χ3v) is 2.76. The molecule has 0 fully saturated rings. The first kappa shape index (κ1) is 14.3. The Kier molecular flexibility index (Phi) is 4.52. The van der Waals surface area contributed by atoms with Gasteiger partial charge >= 0.3 is 5.97 Å². The Morgan fingerprint density at radius 3 is 2.80 bits per heavy atom. The smallest absolute Gasteiger partial charge is 0.303 e. The monoisotopic (exact) mass is 279 g/mol. The molecule has 0 spiro atoms. The van der Waals surface area contributed by atoms with Gasteiger partial charge in [0.25, 0.3) is 5.89 Å². The van der Waals surface area contributed by atoms with E-state index in [0.29, 0.717) is 31.3 Å². The molecule has 0 unspecified atom stereocenters. The van der Waals surface area contributed by atoms with Gasteiger partial charge in [-0.3, -0.25) is 4.79 Å². The Bertz CT molecular complexity index is 588. The highest BCUT2D eigenvalue weighted by Crippen LogP contribution is 2.25. The molecule has 7 nitrogen and oxygen atoms in total. The van der Waals surface area contributed by atoms with Crippen molar-refractivity contribution in [3.63, 3.8) is 0 Å². The number of rotatable bonds is 7. The highest BCUT2D eigenvalue weighted by molar-refractivity contribution is 5.66. The Labute approximate surface area is 116 Å². The van der Waals surface area contributed by atoms with E-state index in [0.717, 1.165) is 17.1 Å². The van der Waals surface area contributed by atoms with Crippen LogP contribution in [0.4, 0.5) is 0 Å². The fourth-order valence-electron chi connectivity index (χ4n) is 1.84. The van der Waals surface area contributed by atoms with E-state index in [9.17, 15) is 4.79 Å². The van der Waals surface area contributed by atoms with Crippen LogP contribution in [-0.4, -0.2) is 27.8 Å². The van der Waals surface area contributed by atoms with Gasteiger partial charge < -0.3 is 19.3 Å². The van der Waals surface area contributed by atoms with Crippen molar-refractivity contribution >= 4 is 5.97 Å². The number of furan rings is 1. The van der Waals surface area contributed by atoms with Crippen molar-refractivity contribution < 1.29 is 18.7 Å². The van der Waals surface area contributed by atoms with E-state index in [1.807, 2.05) is 19.9 Å². The van der Waals surface area contributed by atoms with Crippen molar-refractivity contribution in [3.8, 4) is 11.5 Å². The number of carboxylic acids is 1. The van der Waals surface area contributed by atoms with E-state index in [-0.39, 0.29) is 6.42 Å². The van der Waals surface area contributed by atoms with Crippen molar-refractivity contribution in [3.05, 3.63) is 23.5 Å². The average molecular weight is 279 g/mol. The molecule has 0 atom stereocenters. The largest absolute Gasteiger partial charge is 0.481 e. The highest BCUT2D eigenvalue weighted by Gasteiger charge is 2.14. The third-order valence-electron chi connectivity index (χ3n) is 2.76. The van der Waals surface area contributed by atoms with Gasteiger partial charge in [-0.2, -0.15) is 0 Å². The number of carbonyl (C=O) groups is 1. The first-order valence-electron chi connectivity index (χ1n) is 6.38. The second kappa shape index (κ2) is 6.33. The maximum atomic E-state index is 10.3. The summed E-state index contributed by atoms with van der Waals surface area (Å²) < 4.78 is 10.9. The minimum Gasteiger partial charge on any atom is -0.481 e. The molecule has 108 valence electrons. The van der Waals surface area contributed by atoms with Crippen LogP contribution >= 0.6 is 0 Å². The van der Waals surface area contributed by atoms with Crippen LogP contribution in [0.25, 0.3) is 11.5 Å². The zero-order valence-corrected chi connectivity index (χ0v) is 11.5. The molecule has 0 aliphatic heterocycles. The van der Waals surface area contributed by atoms with Crippen molar-refractivity contribution in [1.82, 2.24) is 15.5 Å². The van der Waals surface area contributed by atoms with Crippen LogP contribution in [-0.2, 0) is 11.3 Å². The molecule has 0 saturated heterocycles. The first-order valence-corrected chi connectivity index (χ1v) is 6.38. The zero-order valence-electron chi connectivity index (χ0n) is 11.5. The van der Waals surface area contributed by atoms with Crippen molar-refractivity contribution in [1.29, 1.82) is 0 Å². The number of nitrogens with one attached hydrogen (secondary N) is 1. The molecule has 0 aliphatic carbocycles. The summed E-state index contributed by atoms with van der Waals surface area (Å²) >= 11 is 0. The van der Waals surface area contributed by atoms with Gasteiger partial charge in [-0.1, -0.05) is 0 Å². The molecule has 2 aromatic heterocycles. The number of aromatic nitrogens is 2. The van der Waals surface area contributed by atoms with E-state index in [1.165, 1.54) is 0 Å². The predicted octanol–water partition coefficient (Wildman–Crippen LogP) is 1.90. The molecule has 0 aromatic carbocycles. The zero-order chi connectivity index (χ0) is 14.5. The van der Waals surface area contributed by atoms with Crippen LogP contribution in [0.15, 0.2) is 14.9 Å². The lowest BCUT2D eigenvalue weighted by Crippen LogP contribution is -2.15. The van der Waals surface area contributed by atoms with Crippen molar-refractivity contribution in [2.75, 3.05) is 6.54 Å². The quantitative estimate of drug-likeness (QED) is 0.746.